The highest BCUT2D eigenvalue weighted by molar-refractivity contribution is 8.00. The fourth-order valence-electron chi connectivity index (χ4n) is 2.20. The molecule has 1 aliphatic heterocycles. The van der Waals surface area contributed by atoms with Crippen molar-refractivity contribution in [3.63, 3.8) is 0 Å². The van der Waals surface area contributed by atoms with E-state index in [1.54, 1.807) is 0 Å². The summed E-state index contributed by atoms with van der Waals surface area (Å²) in [6, 6.07) is 2.93. The first-order chi connectivity index (χ1) is 7.97. The molecule has 0 aromatic heterocycles. The van der Waals surface area contributed by atoms with Crippen LogP contribution in [0.2, 0.25) is 5.02 Å². The minimum Gasteiger partial charge on any atom is -0.397 e. The van der Waals surface area contributed by atoms with Crippen molar-refractivity contribution in [2.24, 2.45) is 0 Å². The number of anilines is 2. The van der Waals surface area contributed by atoms with Gasteiger partial charge in [-0.2, -0.15) is 11.8 Å². The Balaban J connectivity index is 2.30. The second-order valence-corrected chi connectivity index (χ2v) is 6.78. The minimum absolute atomic E-state index is 0.0822. The average molecular weight is 275 g/mol. The van der Waals surface area contributed by atoms with E-state index in [0.717, 1.165) is 18.8 Å². The van der Waals surface area contributed by atoms with Crippen molar-refractivity contribution in [3.05, 3.63) is 23.0 Å². The summed E-state index contributed by atoms with van der Waals surface area (Å²) in [7, 11) is 0. The lowest BCUT2D eigenvalue weighted by Crippen LogP contribution is -2.40. The van der Waals surface area contributed by atoms with Gasteiger partial charge < -0.3 is 10.6 Å². The zero-order valence-electron chi connectivity index (χ0n) is 9.91. The van der Waals surface area contributed by atoms with Crippen LogP contribution in [0.5, 0.6) is 0 Å². The van der Waals surface area contributed by atoms with E-state index in [0.29, 0.717) is 16.2 Å². The molecular weight excluding hydrogens is 259 g/mol. The predicted molar refractivity (Wildman–Crippen MR) is 74.6 cm³/mol. The molecule has 1 fully saturated rings. The van der Waals surface area contributed by atoms with E-state index in [1.165, 1.54) is 12.1 Å². The highest BCUT2D eigenvalue weighted by Gasteiger charge is 2.24. The monoisotopic (exact) mass is 274 g/mol. The molecule has 17 heavy (non-hydrogen) atoms. The maximum Gasteiger partial charge on any atom is 0.144 e. The third-order valence-corrected chi connectivity index (χ3v) is 4.35. The van der Waals surface area contributed by atoms with Crippen molar-refractivity contribution >= 4 is 34.7 Å². The number of benzene rings is 1. The molecule has 0 amide bonds. The molecule has 2 N–H and O–H groups in total. The molecule has 2 atom stereocenters. The average Bonchev–Trinajstić information content (AvgIpc) is 2.22. The van der Waals surface area contributed by atoms with Crippen molar-refractivity contribution in [2.45, 2.75) is 24.3 Å². The number of rotatable bonds is 1. The first-order valence-corrected chi connectivity index (χ1v) is 6.94. The maximum atomic E-state index is 13.5. The lowest BCUT2D eigenvalue weighted by Gasteiger charge is -2.36. The van der Waals surface area contributed by atoms with Gasteiger partial charge in [-0.05, 0) is 6.07 Å². The summed E-state index contributed by atoms with van der Waals surface area (Å²) in [4.78, 5) is 2.14. The van der Waals surface area contributed by atoms with Gasteiger partial charge in [0.15, 0.2) is 0 Å². The molecule has 5 heteroatoms. The van der Waals surface area contributed by atoms with Crippen LogP contribution in [0.15, 0.2) is 12.1 Å². The fraction of sp³-hybridized carbons (Fsp3) is 0.500. The van der Waals surface area contributed by atoms with Gasteiger partial charge in [-0.25, -0.2) is 4.39 Å². The number of nitrogens with two attached hydrogens (primary N) is 1. The molecule has 1 aromatic carbocycles. The number of nitrogens with zero attached hydrogens (tertiary/aromatic N) is 1. The number of hydrogen-bond donors (Lipinski definition) is 1. The Morgan fingerprint density at radius 1 is 1.35 bits per heavy atom. The second kappa shape index (κ2) is 4.94. The Morgan fingerprint density at radius 3 is 2.53 bits per heavy atom. The van der Waals surface area contributed by atoms with E-state index in [4.69, 9.17) is 17.3 Å². The standard InChI is InChI=1S/C12H16ClFN2S/c1-7-5-16(6-8(2)17-7)12-4-10(14)9(13)3-11(12)15/h3-4,7-8H,5-6,15H2,1-2H3. The topological polar surface area (TPSA) is 29.3 Å². The minimum atomic E-state index is -0.408. The third kappa shape index (κ3) is 2.80. The molecule has 0 aliphatic carbocycles. The van der Waals surface area contributed by atoms with Gasteiger partial charge in [-0.3, -0.25) is 0 Å². The third-order valence-electron chi connectivity index (χ3n) is 2.83. The summed E-state index contributed by atoms with van der Waals surface area (Å²) in [5, 5.41) is 1.13. The van der Waals surface area contributed by atoms with Crippen molar-refractivity contribution in [3.8, 4) is 0 Å². The van der Waals surface area contributed by atoms with E-state index in [-0.39, 0.29) is 5.02 Å². The van der Waals surface area contributed by atoms with Crippen molar-refractivity contribution in [2.75, 3.05) is 23.7 Å². The zero-order chi connectivity index (χ0) is 12.6. The van der Waals surface area contributed by atoms with E-state index < -0.39 is 5.82 Å². The van der Waals surface area contributed by atoms with Crippen LogP contribution in [0.3, 0.4) is 0 Å². The van der Waals surface area contributed by atoms with Gasteiger partial charge in [0.25, 0.3) is 0 Å². The van der Waals surface area contributed by atoms with Gasteiger partial charge in [0.1, 0.15) is 5.82 Å². The maximum absolute atomic E-state index is 13.5. The van der Waals surface area contributed by atoms with Crippen LogP contribution >= 0.6 is 23.4 Å². The smallest absolute Gasteiger partial charge is 0.144 e. The van der Waals surface area contributed by atoms with Gasteiger partial charge in [-0.1, -0.05) is 25.4 Å². The summed E-state index contributed by atoms with van der Waals surface area (Å²) in [6.07, 6.45) is 0. The SMILES string of the molecule is CC1CN(c2cc(F)c(Cl)cc2N)CC(C)S1. The number of thioether (sulfide) groups is 1. The normalized spacial score (nSPS) is 25.1. The van der Waals surface area contributed by atoms with Crippen LogP contribution in [-0.4, -0.2) is 23.6 Å². The van der Waals surface area contributed by atoms with Crippen LogP contribution in [0.25, 0.3) is 0 Å². The number of nitrogen functional groups attached to an aromatic ring is 1. The Hall–Kier alpha value is -0.610. The van der Waals surface area contributed by atoms with Gasteiger partial charge in [0, 0.05) is 29.7 Å². The molecule has 2 rings (SSSR count). The van der Waals surface area contributed by atoms with Crippen LogP contribution in [0.1, 0.15) is 13.8 Å². The molecule has 94 valence electrons. The van der Waals surface area contributed by atoms with E-state index >= 15 is 0 Å². The fourth-order valence-corrected chi connectivity index (χ4v) is 3.70. The molecule has 0 spiro atoms. The zero-order valence-corrected chi connectivity index (χ0v) is 11.5. The van der Waals surface area contributed by atoms with Crippen LogP contribution in [-0.2, 0) is 0 Å². The molecule has 1 aromatic rings. The summed E-state index contributed by atoms with van der Waals surface area (Å²) in [6.45, 7) is 6.13. The molecule has 0 radical (unpaired) electrons. The first kappa shape index (κ1) is 12.8. The Morgan fingerprint density at radius 2 is 1.94 bits per heavy atom. The predicted octanol–water partition coefficient (Wildman–Crippen LogP) is 3.39. The quantitative estimate of drug-likeness (QED) is 0.796. The molecular formula is C12H16ClFN2S. The summed E-state index contributed by atoms with van der Waals surface area (Å²) >= 11 is 7.66. The molecule has 2 nitrogen and oxygen atoms in total. The Kier molecular flexibility index (Phi) is 3.73. The molecule has 1 heterocycles. The van der Waals surface area contributed by atoms with E-state index in [9.17, 15) is 4.39 Å². The largest absolute Gasteiger partial charge is 0.397 e. The van der Waals surface area contributed by atoms with Crippen molar-refractivity contribution < 1.29 is 4.39 Å². The van der Waals surface area contributed by atoms with E-state index in [1.807, 2.05) is 11.8 Å². The Bertz CT molecular complexity index is 417. The van der Waals surface area contributed by atoms with Gasteiger partial charge in [0.05, 0.1) is 16.4 Å². The molecule has 0 bridgehead atoms. The van der Waals surface area contributed by atoms with Crippen LogP contribution < -0.4 is 10.6 Å². The molecule has 1 aliphatic rings. The van der Waals surface area contributed by atoms with Crippen LogP contribution in [0.4, 0.5) is 15.8 Å². The Labute approximate surface area is 110 Å². The highest BCUT2D eigenvalue weighted by atomic mass is 35.5. The van der Waals surface area contributed by atoms with Gasteiger partial charge in [-0.15, -0.1) is 0 Å². The summed E-state index contributed by atoms with van der Waals surface area (Å²) < 4.78 is 13.5. The van der Waals surface area contributed by atoms with Gasteiger partial charge in [0.2, 0.25) is 0 Å². The van der Waals surface area contributed by atoms with Gasteiger partial charge >= 0.3 is 0 Å². The second-order valence-electron chi connectivity index (χ2n) is 4.49. The molecule has 0 saturated carbocycles. The first-order valence-electron chi connectivity index (χ1n) is 5.62. The van der Waals surface area contributed by atoms with Crippen LogP contribution in [0, 0.1) is 5.82 Å². The van der Waals surface area contributed by atoms with E-state index in [2.05, 4.69) is 18.7 Å². The van der Waals surface area contributed by atoms with Crippen molar-refractivity contribution in [1.82, 2.24) is 0 Å². The summed E-state index contributed by atoms with van der Waals surface area (Å²) in [5.74, 6) is -0.408. The molecule has 2 unspecified atom stereocenters. The van der Waals surface area contributed by atoms with Crippen molar-refractivity contribution in [1.29, 1.82) is 0 Å². The number of halogens is 2. The summed E-state index contributed by atoms with van der Waals surface area (Å²) in [5.41, 5.74) is 7.21. The number of hydrogen-bond acceptors (Lipinski definition) is 3. The highest BCUT2D eigenvalue weighted by Crippen LogP contribution is 2.34. The lowest BCUT2D eigenvalue weighted by molar-refractivity contribution is 0.626. The molecule has 1 saturated heterocycles. The lowest BCUT2D eigenvalue weighted by atomic mass is 10.2.